The van der Waals surface area contributed by atoms with E-state index in [9.17, 15) is 29.5 Å². The maximum atomic E-state index is 13.8. The molecule has 7 rings (SSSR count). The SMILES string of the molecule is Cc1nnc(SCC2=C(C(=O)O)N3C(=O)C(NC(=O)C(NC(=O)C4=CNc5c(ccc6ncccc56)N4O)c4ccccc4)[C@@H]3SC2)s1. The zero-order valence-corrected chi connectivity index (χ0v) is 27.4. The van der Waals surface area contributed by atoms with Crippen molar-refractivity contribution in [3.8, 4) is 0 Å². The highest BCUT2D eigenvalue weighted by Crippen LogP contribution is 2.42. The van der Waals surface area contributed by atoms with Crippen LogP contribution in [0.5, 0.6) is 0 Å². The van der Waals surface area contributed by atoms with E-state index in [0.717, 1.165) is 15.5 Å². The van der Waals surface area contributed by atoms with Crippen LogP contribution in [0.15, 0.2) is 88.3 Å². The van der Waals surface area contributed by atoms with Gasteiger partial charge < -0.3 is 21.1 Å². The zero-order chi connectivity index (χ0) is 33.5. The maximum absolute atomic E-state index is 13.8. The summed E-state index contributed by atoms with van der Waals surface area (Å²) in [5, 5.41) is 39.3. The van der Waals surface area contributed by atoms with Crippen LogP contribution in [0.4, 0.5) is 11.4 Å². The first-order valence-corrected chi connectivity index (χ1v) is 17.4. The molecule has 5 heterocycles. The number of pyridine rings is 1. The van der Waals surface area contributed by atoms with Gasteiger partial charge >= 0.3 is 5.97 Å². The van der Waals surface area contributed by atoms with Crippen LogP contribution in [0.3, 0.4) is 0 Å². The number of amides is 3. The first-order chi connectivity index (χ1) is 23.2. The highest BCUT2D eigenvalue weighted by atomic mass is 32.2. The molecule has 3 aliphatic rings. The van der Waals surface area contributed by atoms with Crippen molar-refractivity contribution in [2.24, 2.45) is 0 Å². The van der Waals surface area contributed by atoms with Crippen molar-refractivity contribution in [1.29, 1.82) is 0 Å². The normalized spacial score (nSPS) is 19.0. The van der Waals surface area contributed by atoms with E-state index in [1.807, 2.05) is 13.0 Å². The molecule has 2 unspecified atom stereocenters. The number of aromatic nitrogens is 3. The number of thioether (sulfide) groups is 2. The molecule has 1 saturated heterocycles. The van der Waals surface area contributed by atoms with Crippen molar-refractivity contribution in [3.63, 3.8) is 0 Å². The van der Waals surface area contributed by atoms with Gasteiger partial charge in [-0.25, -0.2) is 9.86 Å². The lowest BCUT2D eigenvalue weighted by atomic mass is 10.0. The van der Waals surface area contributed by atoms with Crippen LogP contribution < -0.4 is 21.0 Å². The van der Waals surface area contributed by atoms with Gasteiger partial charge in [-0.3, -0.25) is 29.5 Å². The quantitative estimate of drug-likeness (QED) is 0.126. The van der Waals surface area contributed by atoms with E-state index >= 15 is 0 Å². The third kappa shape index (κ3) is 5.74. The molecule has 0 radical (unpaired) electrons. The lowest BCUT2D eigenvalue weighted by Gasteiger charge is -2.49. The number of carbonyl (C=O) groups excluding carboxylic acids is 3. The molecule has 4 aromatic rings. The van der Waals surface area contributed by atoms with E-state index in [-0.39, 0.29) is 11.4 Å². The topological polar surface area (TPSA) is 190 Å². The average molecular weight is 703 g/mol. The fourth-order valence-electron chi connectivity index (χ4n) is 5.63. The molecule has 17 heteroatoms. The fourth-order valence-corrected chi connectivity index (χ4v) is 8.93. The number of aryl methyl sites for hydroxylation is 1. The van der Waals surface area contributed by atoms with Crippen molar-refractivity contribution in [1.82, 2.24) is 30.7 Å². The number of fused-ring (bicyclic) bond motifs is 4. The molecular weight excluding hydrogens is 677 g/mol. The highest BCUT2D eigenvalue weighted by molar-refractivity contribution is 8.01. The number of β-lactam (4-membered cyclic amide) rings is 1. The minimum atomic E-state index is -1.25. The second kappa shape index (κ2) is 12.9. The summed E-state index contributed by atoms with van der Waals surface area (Å²) in [6, 6.07) is 13.1. The van der Waals surface area contributed by atoms with Gasteiger partial charge in [-0.1, -0.05) is 53.4 Å². The third-order valence-electron chi connectivity index (χ3n) is 7.90. The molecule has 3 atom stereocenters. The molecule has 244 valence electrons. The Morgan fingerprint density at radius 2 is 1.94 bits per heavy atom. The minimum absolute atomic E-state index is 0.0977. The number of rotatable bonds is 9. The Labute approximate surface area is 285 Å². The number of hydrogen-bond donors (Lipinski definition) is 5. The van der Waals surface area contributed by atoms with Gasteiger partial charge in [0.25, 0.3) is 11.8 Å². The summed E-state index contributed by atoms with van der Waals surface area (Å²) in [7, 11) is 0. The zero-order valence-electron chi connectivity index (χ0n) is 25.0. The molecule has 48 heavy (non-hydrogen) atoms. The monoisotopic (exact) mass is 702 g/mol. The van der Waals surface area contributed by atoms with E-state index in [4.69, 9.17) is 0 Å². The Bertz CT molecular complexity index is 2040. The molecular formula is C31H26N8O6S3. The Balaban J connectivity index is 1.08. The maximum Gasteiger partial charge on any atom is 0.352 e. The van der Waals surface area contributed by atoms with Crippen molar-refractivity contribution in [2.45, 2.75) is 28.7 Å². The molecule has 0 saturated carbocycles. The van der Waals surface area contributed by atoms with Crippen molar-refractivity contribution >= 4 is 80.8 Å². The number of carbonyl (C=O) groups is 4. The van der Waals surface area contributed by atoms with Crippen LogP contribution in [0.1, 0.15) is 16.6 Å². The Kier molecular flexibility index (Phi) is 8.50. The number of carboxylic acid groups (broad SMARTS) is 1. The summed E-state index contributed by atoms with van der Waals surface area (Å²) in [5.74, 6) is -2.57. The van der Waals surface area contributed by atoms with Crippen LogP contribution >= 0.6 is 34.9 Å². The van der Waals surface area contributed by atoms with Gasteiger partial charge in [-0.05, 0) is 42.3 Å². The molecule has 3 aliphatic heterocycles. The van der Waals surface area contributed by atoms with Gasteiger partial charge in [0.1, 0.15) is 33.9 Å². The Hall–Kier alpha value is -4.97. The highest BCUT2D eigenvalue weighted by Gasteiger charge is 2.54. The van der Waals surface area contributed by atoms with E-state index in [2.05, 4.69) is 31.1 Å². The lowest BCUT2D eigenvalue weighted by Crippen LogP contribution is -2.71. The van der Waals surface area contributed by atoms with Crippen molar-refractivity contribution < 1.29 is 29.5 Å². The molecule has 0 aliphatic carbocycles. The van der Waals surface area contributed by atoms with E-state index < -0.39 is 41.1 Å². The largest absolute Gasteiger partial charge is 0.477 e. The smallest absolute Gasteiger partial charge is 0.352 e. The van der Waals surface area contributed by atoms with Crippen LogP contribution in [-0.4, -0.2) is 77.0 Å². The number of nitrogens with zero attached hydrogens (tertiary/aromatic N) is 5. The van der Waals surface area contributed by atoms with Crippen LogP contribution in [0.25, 0.3) is 10.9 Å². The summed E-state index contributed by atoms with van der Waals surface area (Å²) in [5.41, 5.74) is 2.32. The molecule has 1 fully saturated rings. The van der Waals surface area contributed by atoms with Gasteiger partial charge in [-0.2, -0.15) is 0 Å². The van der Waals surface area contributed by atoms with Crippen LogP contribution in [0, 0.1) is 6.92 Å². The molecule has 0 bridgehead atoms. The number of nitrogens with one attached hydrogen (secondary N) is 3. The van der Waals surface area contributed by atoms with E-state index in [1.165, 1.54) is 46.0 Å². The molecule has 2 aromatic heterocycles. The molecule has 14 nitrogen and oxygen atoms in total. The van der Waals surface area contributed by atoms with E-state index in [1.54, 1.807) is 54.7 Å². The summed E-state index contributed by atoms with van der Waals surface area (Å²) in [6.07, 6.45) is 2.99. The number of carboxylic acids is 1. The standard InChI is InChI=1S/C31H26N8O6S3/c1-15-36-37-31(48-15)47-14-17-13-46-29-24(28(42)38(29)25(17)30(43)44)35-27(41)22(16-6-3-2-4-7-16)34-26(40)21-12-33-23-18-8-5-11-32-19(18)9-10-20(23)39(21)45/h2-12,22,24,29,33,45H,13-14H2,1H3,(H,34,40)(H,35,41)(H,43,44)/t22?,24?,29-/m0/s1. The average Bonchev–Trinajstić information content (AvgIpc) is 3.52. The predicted molar refractivity (Wildman–Crippen MR) is 180 cm³/mol. The van der Waals surface area contributed by atoms with Gasteiger partial charge in [0.2, 0.25) is 5.91 Å². The summed E-state index contributed by atoms with van der Waals surface area (Å²) in [6.45, 7) is 1.83. The second-order valence-corrected chi connectivity index (χ2v) is 14.4. The van der Waals surface area contributed by atoms with E-state index in [0.29, 0.717) is 43.9 Å². The number of benzene rings is 2. The summed E-state index contributed by atoms with van der Waals surface area (Å²) < 4.78 is 0.699. The third-order valence-corrected chi connectivity index (χ3v) is 11.3. The first-order valence-electron chi connectivity index (χ1n) is 14.5. The molecule has 2 aromatic carbocycles. The number of hydrogen-bond acceptors (Lipinski definition) is 13. The van der Waals surface area contributed by atoms with Crippen LogP contribution in [-0.2, 0) is 19.2 Å². The second-order valence-electron chi connectivity index (χ2n) is 10.9. The van der Waals surface area contributed by atoms with Crippen molar-refractivity contribution in [2.75, 3.05) is 21.9 Å². The number of anilines is 2. The summed E-state index contributed by atoms with van der Waals surface area (Å²) in [4.78, 5) is 58.6. The van der Waals surface area contributed by atoms with Gasteiger partial charge in [0, 0.05) is 29.3 Å². The lowest BCUT2D eigenvalue weighted by molar-refractivity contribution is -0.151. The fraction of sp³-hybridized carbons (Fsp3) is 0.194. The van der Waals surface area contributed by atoms with Gasteiger partial charge in [0.15, 0.2) is 4.34 Å². The van der Waals surface area contributed by atoms with Crippen molar-refractivity contribution in [3.05, 3.63) is 94.5 Å². The molecule has 0 spiro atoms. The van der Waals surface area contributed by atoms with Gasteiger partial charge in [0.05, 0.1) is 16.9 Å². The minimum Gasteiger partial charge on any atom is -0.477 e. The predicted octanol–water partition coefficient (Wildman–Crippen LogP) is 3.25. The Morgan fingerprint density at radius 3 is 2.69 bits per heavy atom. The first kappa shape index (κ1) is 31.6. The van der Waals surface area contributed by atoms with Gasteiger partial charge in [-0.15, -0.1) is 22.0 Å². The molecule has 5 N–H and O–H groups in total. The number of aliphatic carboxylic acids is 1. The summed E-state index contributed by atoms with van der Waals surface area (Å²) >= 11 is 4.10. The number of hydroxylamine groups is 1. The Morgan fingerprint density at radius 1 is 1.12 bits per heavy atom. The molecule has 3 amide bonds. The van der Waals surface area contributed by atoms with Crippen LogP contribution in [0.2, 0.25) is 0 Å².